The molecule has 0 fully saturated rings. The minimum atomic E-state index is 0.611. The molecule has 0 N–H and O–H groups in total. The lowest BCUT2D eigenvalue weighted by Gasteiger charge is -2.11. The van der Waals surface area contributed by atoms with Crippen molar-refractivity contribution in [3.8, 4) is 66.7 Å². The van der Waals surface area contributed by atoms with E-state index in [0.29, 0.717) is 17.5 Å². The summed E-state index contributed by atoms with van der Waals surface area (Å²) in [6, 6.07) is 69.5. The number of benzene rings is 8. The molecule has 0 radical (unpaired) electrons. The summed E-state index contributed by atoms with van der Waals surface area (Å²) < 4.78 is 4.66. The third-order valence-electron chi connectivity index (χ3n) is 11.3. The predicted octanol–water partition coefficient (Wildman–Crippen LogP) is 13.3. The SMILES string of the molecule is c1ccc(-c2nc(-c3ccccc3)nc(-c3cccc(-n4c5ccccc5c5c(-c6nnc(-c7ccc8c(c7)c7ccccc7n8-c7ccccc7)s6)cccc54)c3)n2)cc1. The second kappa shape index (κ2) is 14.3. The quantitative estimate of drug-likeness (QED) is 0.160. The number of nitrogens with zero attached hydrogens (tertiary/aromatic N) is 7. The van der Waals surface area contributed by atoms with Gasteiger partial charge in [0.2, 0.25) is 0 Å². The van der Waals surface area contributed by atoms with Gasteiger partial charge in [0, 0.05) is 60.7 Å². The highest BCUT2D eigenvalue weighted by molar-refractivity contribution is 7.18. The van der Waals surface area contributed by atoms with E-state index in [0.717, 1.165) is 76.5 Å². The second-order valence-corrected chi connectivity index (χ2v) is 16.0. The van der Waals surface area contributed by atoms with E-state index in [1.165, 1.54) is 16.3 Å². The minimum Gasteiger partial charge on any atom is -0.309 e. The fourth-order valence-corrected chi connectivity index (χ4v) is 9.48. The maximum Gasteiger partial charge on any atom is 0.164 e. The molecule has 0 saturated heterocycles. The van der Waals surface area contributed by atoms with Crippen LogP contribution in [0.4, 0.5) is 0 Å². The van der Waals surface area contributed by atoms with Gasteiger partial charge in [0.15, 0.2) is 17.5 Å². The Morgan fingerprint density at radius 1 is 0.328 bits per heavy atom. The van der Waals surface area contributed by atoms with E-state index in [9.17, 15) is 0 Å². The van der Waals surface area contributed by atoms with Crippen LogP contribution < -0.4 is 0 Å². The van der Waals surface area contributed by atoms with E-state index in [4.69, 9.17) is 25.1 Å². The molecule has 0 saturated carbocycles. The highest BCUT2D eigenvalue weighted by atomic mass is 32.1. The highest BCUT2D eigenvalue weighted by Crippen LogP contribution is 2.42. The zero-order valence-electron chi connectivity index (χ0n) is 32.6. The van der Waals surface area contributed by atoms with Gasteiger partial charge in [-0.2, -0.15) is 0 Å². The molecule has 4 aromatic heterocycles. The van der Waals surface area contributed by atoms with E-state index < -0.39 is 0 Å². The van der Waals surface area contributed by atoms with Crippen LogP contribution in [0.25, 0.3) is 110 Å². The standard InChI is InChI=1S/C53H33N7S/c1-4-16-34(17-5-1)49-54-50(35-18-6-2-7-19-35)56-51(55-49)36-20-14-23-39(32-36)60-45-28-13-11-25-41(45)48-42(26-15-29-47(48)60)53-58-57-52(61-53)37-30-31-46-43(33-37)40-24-10-12-27-44(40)59(46)38-21-8-3-9-22-38/h1-33H. The van der Waals surface area contributed by atoms with E-state index in [2.05, 4.69) is 149 Å². The number of hydrogen-bond acceptors (Lipinski definition) is 6. The van der Waals surface area contributed by atoms with Gasteiger partial charge >= 0.3 is 0 Å². The van der Waals surface area contributed by atoms with Crippen molar-refractivity contribution in [3.05, 3.63) is 200 Å². The monoisotopic (exact) mass is 799 g/mol. The molecule has 0 bridgehead atoms. The Hall–Kier alpha value is -8.07. The van der Waals surface area contributed by atoms with Gasteiger partial charge in [-0.15, -0.1) is 10.2 Å². The fourth-order valence-electron chi connectivity index (χ4n) is 8.61. The van der Waals surface area contributed by atoms with Crippen LogP contribution in [0.3, 0.4) is 0 Å². The summed E-state index contributed by atoms with van der Waals surface area (Å²) in [6.07, 6.45) is 0. The molecule has 286 valence electrons. The molecule has 0 aliphatic rings. The van der Waals surface area contributed by atoms with Crippen molar-refractivity contribution in [1.82, 2.24) is 34.3 Å². The van der Waals surface area contributed by atoms with E-state index in [1.807, 2.05) is 60.7 Å². The molecule has 8 heteroatoms. The smallest absolute Gasteiger partial charge is 0.164 e. The summed E-state index contributed by atoms with van der Waals surface area (Å²) in [4.78, 5) is 15.0. The normalized spacial score (nSPS) is 11.6. The summed E-state index contributed by atoms with van der Waals surface area (Å²) >= 11 is 1.62. The van der Waals surface area contributed by atoms with Gasteiger partial charge in [-0.25, -0.2) is 15.0 Å². The molecule has 7 nitrogen and oxygen atoms in total. The topological polar surface area (TPSA) is 74.3 Å². The summed E-state index contributed by atoms with van der Waals surface area (Å²) in [5.41, 5.74) is 11.5. The van der Waals surface area contributed by atoms with Crippen molar-refractivity contribution in [1.29, 1.82) is 0 Å². The van der Waals surface area contributed by atoms with Crippen molar-refractivity contribution in [2.24, 2.45) is 0 Å². The molecule has 0 atom stereocenters. The van der Waals surface area contributed by atoms with E-state index >= 15 is 0 Å². The number of aromatic nitrogens is 7. The summed E-state index contributed by atoms with van der Waals surface area (Å²) in [5, 5.41) is 16.1. The minimum absolute atomic E-state index is 0.611. The zero-order valence-corrected chi connectivity index (χ0v) is 33.4. The Morgan fingerprint density at radius 2 is 0.836 bits per heavy atom. The van der Waals surface area contributed by atoms with Gasteiger partial charge in [0.25, 0.3) is 0 Å². The lowest BCUT2D eigenvalue weighted by Crippen LogP contribution is -2.01. The van der Waals surface area contributed by atoms with Crippen LogP contribution in [0.5, 0.6) is 0 Å². The maximum atomic E-state index is 5.03. The van der Waals surface area contributed by atoms with Crippen LogP contribution in [-0.4, -0.2) is 34.3 Å². The molecule has 61 heavy (non-hydrogen) atoms. The molecule has 0 aliphatic heterocycles. The zero-order chi connectivity index (χ0) is 40.3. The largest absolute Gasteiger partial charge is 0.309 e. The first-order chi connectivity index (χ1) is 30.2. The average molecular weight is 800 g/mol. The van der Waals surface area contributed by atoms with Gasteiger partial charge in [-0.1, -0.05) is 151 Å². The van der Waals surface area contributed by atoms with Crippen molar-refractivity contribution in [3.63, 3.8) is 0 Å². The maximum absolute atomic E-state index is 5.03. The molecule has 12 rings (SSSR count). The Morgan fingerprint density at radius 3 is 1.56 bits per heavy atom. The Bertz CT molecular complexity index is 3530. The van der Waals surface area contributed by atoms with Gasteiger partial charge < -0.3 is 9.13 Å². The Kier molecular flexibility index (Phi) is 8.21. The number of hydrogen-bond donors (Lipinski definition) is 0. The van der Waals surface area contributed by atoms with E-state index in [-0.39, 0.29) is 0 Å². The van der Waals surface area contributed by atoms with Crippen molar-refractivity contribution in [2.75, 3.05) is 0 Å². The third kappa shape index (κ3) is 5.92. The Labute approximate surface area is 354 Å². The molecule has 0 amide bonds. The molecule has 12 aromatic rings. The lowest BCUT2D eigenvalue weighted by molar-refractivity contribution is 1.07. The number of fused-ring (bicyclic) bond motifs is 6. The number of rotatable bonds is 7. The van der Waals surface area contributed by atoms with Gasteiger partial charge in [-0.3, -0.25) is 0 Å². The number of para-hydroxylation sites is 3. The van der Waals surface area contributed by atoms with Crippen LogP contribution in [0, 0.1) is 0 Å². The fraction of sp³-hybridized carbons (Fsp3) is 0. The summed E-state index contributed by atoms with van der Waals surface area (Å²) in [6.45, 7) is 0. The van der Waals surface area contributed by atoms with Crippen molar-refractivity contribution in [2.45, 2.75) is 0 Å². The lowest BCUT2D eigenvalue weighted by atomic mass is 10.1. The van der Waals surface area contributed by atoms with Crippen molar-refractivity contribution >= 4 is 54.9 Å². The van der Waals surface area contributed by atoms with Crippen LogP contribution in [0.2, 0.25) is 0 Å². The van der Waals surface area contributed by atoms with Crippen LogP contribution in [-0.2, 0) is 0 Å². The van der Waals surface area contributed by atoms with E-state index in [1.54, 1.807) is 11.3 Å². The van der Waals surface area contributed by atoms with Crippen LogP contribution in [0.15, 0.2) is 200 Å². The molecular weight excluding hydrogens is 767 g/mol. The second-order valence-electron chi connectivity index (χ2n) is 15.0. The predicted molar refractivity (Wildman–Crippen MR) is 249 cm³/mol. The summed E-state index contributed by atoms with van der Waals surface area (Å²) in [7, 11) is 0. The summed E-state index contributed by atoms with van der Waals surface area (Å²) in [5.74, 6) is 1.87. The average Bonchev–Trinajstić information content (AvgIpc) is 4.06. The highest BCUT2D eigenvalue weighted by Gasteiger charge is 2.21. The Balaban J connectivity index is 0.971. The van der Waals surface area contributed by atoms with Crippen LogP contribution >= 0.6 is 11.3 Å². The third-order valence-corrected chi connectivity index (χ3v) is 12.4. The van der Waals surface area contributed by atoms with Gasteiger partial charge in [0.1, 0.15) is 10.0 Å². The molecular formula is C53H33N7S. The van der Waals surface area contributed by atoms with Crippen LogP contribution in [0.1, 0.15) is 0 Å². The molecule has 0 unspecified atom stereocenters. The van der Waals surface area contributed by atoms with Gasteiger partial charge in [0.05, 0.1) is 22.1 Å². The molecule has 8 aromatic carbocycles. The first-order valence-electron chi connectivity index (χ1n) is 20.2. The van der Waals surface area contributed by atoms with Gasteiger partial charge in [-0.05, 0) is 60.7 Å². The molecule has 0 spiro atoms. The van der Waals surface area contributed by atoms with Crippen molar-refractivity contribution < 1.29 is 0 Å². The molecule has 4 heterocycles. The first kappa shape index (κ1) is 34.9. The first-order valence-corrected chi connectivity index (χ1v) is 21.0. The molecule has 0 aliphatic carbocycles.